The van der Waals surface area contributed by atoms with Crippen LogP contribution in [0.2, 0.25) is 0 Å². The van der Waals surface area contributed by atoms with Gasteiger partial charge in [0.15, 0.2) is 17.5 Å². The van der Waals surface area contributed by atoms with Crippen LogP contribution >= 0.6 is 0 Å². The molecule has 0 radical (unpaired) electrons. The summed E-state index contributed by atoms with van der Waals surface area (Å²) in [4.78, 5) is 0. The predicted octanol–water partition coefficient (Wildman–Crippen LogP) is 3.43. The molecule has 1 atom stereocenters. The average Bonchev–Trinajstić information content (AvgIpc) is 2.35. The minimum Gasteiger partial charge on any atom is -0.320 e. The van der Waals surface area contributed by atoms with Gasteiger partial charge >= 0.3 is 0 Å². The van der Waals surface area contributed by atoms with Crippen molar-refractivity contribution in [2.75, 3.05) is 0 Å². The molecule has 0 saturated heterocycles. The van der Waals surface area contributed by atoms with E-state index < -0.39 is 46.3 Å². The molecule has 0 bridgehead atoms. The summed E-state index contributed by atoms with van der Waals surface area (Å²) in [5.74, 6) is -6.67. The molecule has 0 amide bonds. The molecule has 2 aromatic carbocycles. The van der Waals surface area contributed by atoms with Crippen LogP contribution in [0.25, 0.3) is 0 Å². The highest BCUT2D eigenvalue weighted by molar-refractivity contribution is 5.34. The molecular weight excluding hydrogens is 265 g/mol. The SMILES string of the molecule is NC(c1ccc(F)c(F)c1F)c1c(F)cccc1F. The Kier molecular flexibility index (Phi) is 3.53. The van der Waals surface area contributed by atoms with Crippen LogP contribution in [0.4, 0.5) is 22.0 Å². The average molecular weight is 273 g/mol. The smallest absolute Gasteiger partial charge is 0.194 e. The normalized spacial score (nSPS) is 12.5. The maximum Gasteiger partial charge on any atom is 0.194 e. The highest BCUT2D eigenvalue weighted by Gasteiger charge is 2.23. The first-order valence-electron chi connectivity index (χ1n) is 5.26. The Labute approximate surface area is 105 Å². The van der Waals surface area contributed by atoms with Crippen molar-refractivity contribution in [2.24, 2.45) is 5.73 Å². The second-order valence-electron chi connectivity index (χ2n) is 3.88. The lowest BCUT2D eigenvalue weighted by molar-refractivity contribution is 0.436. The molecule has 2 aromatic rings. The fraction of sp³-hybridized carbons (Fsp3) is 0.0769. The zero-order valence-electron chi connectivity index (χ0n) is 9.43. The maximum absolute atomic E-state index is 13.5. The van der Waals surface area contributed by atoms with Crippen LogP contribution in [-0.2, 0) is 0 Å². The number of rotatable bonds is 2. The summed E-state index contributed by atoms with van der Waals surface area (Å²) in [6.45, 7) is 0. The second-order valence-corrected chi connectivity index (χ2v) is 3.88. The van der Waals surface area contributed by atoms with E-state index in [1.165, 1.54) is 0 Å². The summed E-state index contributed by atoms with van der Waals surface area (Å²) < 4.78 is 66.4. The first-order valence-corrected chi connectivity index (χ1v) is 5.26. The summed E-state index contributed by atoms with van der Waals surface area (Å²) in [5, 5.41) is 0. The Morgan fingerprint density at radius 1 is 0.737 bits per heavy atom. The number of nitrogens with two attached hydrogens (primary N) is 1. The van der Waals surface area contributed by atoms with E-state index in [1.54, 1.807) is 0 Å². The van der Waals surface area contributed by atoms with E-state index in [0.29, 0.717) is 6.07 Å². The minimum atomic E-state index is -1.73. The van der Waals surface area contributed by atoms with Gasteiger partial charge in [0, 0.05) is 11.1 Å². The summed E-state index contributed by atoms with van der Waals surface area (Å²) in [6.07, 6.45) is 0. The number of benzene rings is 2. The molecule has 0 aliphatic rings. The molecule has 0 aliphatic heterocycles. The van der Waals surface area contributed by atoms with Crippen LogP contribution in [0.5, 0.6) is 0 Å². The predicted molar refractivity (Wildman–Crippen MR) is 58.7 cm³/mol. The van der Waals surface area contributed by atoms with Gasteiger partial charge in [0.05, 0.1) is 6.04 Å². The first kappa shape index (κ1) is 13.5. The van der Waals surface area contributed by atoms with Crippen LogP contribution in [0.1, 0.15) is 17.2 Å². The van der Waals surface area contributed by atoms with Gasteiger partial charge in [0.2, 0.25) is 0 Å². The van der Waals surface area contributed by atoms with Crippen LogP contribution < -0.4 is 5.73 Å². The maximum atomic E-state index is 13.5. The van der Waals surface area contributed by atoms with Crippen molar-refractivity contribution in [3.05, 3.63) is 70.5 Å². The van der Waals surface area contributed by atoms with E-state index in [4.69, 9.17) is 5.73 Å². The zero-order valence-corrected chi connectivity index (χ0v) is 9.43. The molecule has 0 aromatic heterocycles. The van der Waals surface area contributed by atoms with Gasteiger partial charge in [-0.1, -0.05) is 12.1 Å². The Morgan fingerprint density at radius 3 is 1.89 bits per heavy atom. The van der Waals surface area contributed by atoms with E-state index in [0.717, 1.165) is 24.3 Å². The van der Waals surface area contributed by atoms with Crippen LogP contribution in [-0.4, -0.2) is 0 Å². The number of hydrogen-bond donors (Lipinski definition) is 1. The highest BCUT2D eigenvalue weighted by atomic mass is 19.2. The molecule has 100 valence electrons. The van der Waals surface area contributed by atoms with Crippen LogP contribution in [0.3, 0.4) is 0 Å². The molecule has 0 spiro atoms. The quantitative estimate of drug-likeness (QED) is 0.658. The van der Waals surface area contributed by atoms with E-state index in [2.05, 4.69) is 0 Å². The zero-order chi connectivity index (χ0) is 14.2. The van der Waals surface area contributed by atoms with Gasteiger partial charge in [0.25, 0.3) is 0 Å². The Bertz CT molecular complexity index is 606. The molecule has 2 N–H and O–H groups in total. The highest BCUT2D eigenvalue weighted by Crippen LogP contribution is 2.28. The van der Waals surface area contributed by atoms with Crippen molar-refractivity contribution < 1.29 is 22.0 Å². The van der Waals surface area contributed by atoms with Gasteiger partial charge in [-0.05, 0) is 18.2 Å². The lowest BCUT2D eigenvalue weighted by atomic mass is 9.98. The molecule has 19 heavy (non-hydrogen) atoms. The molecule has 0 fully saturated rings. The molecule has 0 heterocycles. The second kappa shape index (κ2) is 4.97. The van der Waals surface area contributed by atoms with Crippen LogP contribution in [0.15, 0.2) is 30.3 Å². The first-order chi connectivity index (χ1) is 8.93. The van der Waals surface area contributed by atoms with E-state index in [1.807, 2.05) is 0 Å². The summed E-state index contributed by atoms with van der Waals surface area (Å²) >= 11 is 0. The third kappa shape index (κ3) is 2.31. The van der Waals surface area contributed by atoms with Gasteiger partial charge < -0.3 is 5.73 Å². The minimum absolute atomic E-state index is 0.525. The molecule has 0 aliphatic carbocycles. The standard InChI is InChI=1S/C13H8F5N/c14-7-2-1-3-8(15)10(7)13(19)6-4-5-9(16)12(18)11(6)17/h1-5,13H,19H2. The van der Waals surface area contributed by atoms with Crippen molar-refractivity contribution in [1.29, 1.82) is 0 Å². The molecular formula is C13H8F5N. The molecule has 1 nitrogen and oxygen atoms in total. The Balaban J connectivity index is 2.57. The van der Waals surface area contributed by atoms with Crippen molar-refractivity contribution >= 4 is 0 Å². The lowest BCUT2D eigenvalue weighted by Crippen LogP contribution is -2.18. The van der Waals surface area contributed by atoms with Gasteiger partial charge in [-0.2, -0.15) is 0 Å². The van der Waals surface area contributed by atoms with Gasteiger partial charge in [-0.25, -0.2) is 22.0 Å². The number of halogens is 5. The van der Waals surface area contributed by atoms with E-state index in [9.17, 15) is 22.0 Å². The van der Waals surface area contributed by atoms with Gasteiger partial charge in [-0.15, -0.1) is 0 Å². The van der Waals surface area contributed by atoms with Crippen LogP contribution in [0, 0.1) is 29.1 Å². The van der Waals surface area contributed by atoms with E-state index >= 15 is 0 Å². The van der Waals surface area contributed by atoms with Crippen molar-refractivity contribution in [2.45, 2.75) is 6.04 Å². The topological polar surface area (TPSA) is 26.0 Å². The Morgan fingerprint density at radius 2 is 1.32 bits per heavy atom. The van der Waals surface area contributed by atoms with E-state index in [-0.39, 0.29) is 0 Å². The van der Waals surface area contributed by atoms with Gasteiger partial charge in [0.1, 0.15) is 11.6 Å². The molecule has 2 rings (SSSR count). The monoisotopic (exact) mass is 273 g/mol. The van der Waals surface area contributed by atoms with Crippen molar-refractivity contribution in [3.63, 3.8) is 0 Å². The summed E-state index contributed by atoms with van der Waals surface area (Å²) in [6, 6.07) is 2.92. The molecule has 1 unspecified atom stereocenters. The Hall–Kier alpha value is -1.95. The molecule has 6 heteroatoms. The number of hydrogen-bond acceptors (Lipinski definition) is 1. The lowest BCUT2D eigenvalue weighted by Gasteiger charge is -2.15. The van der Waals surface area contributed by atoms with Crippen molar-refractivity contribution in [1.82, 2.24) is 0 Å². The summed E-state index contributed by atoms with van der Waals surface area (Å²) in [5.41, 5.74) is 4.40. The largest absolute Gasteiger partial charge is 0.320 e. The van der Waals surface area contributed by atoms with Gasteiger partial charge in [-0.3, -0.25) is 0 Å². The summed E-state index contributed by atoms with van der Waals surface area (Å²) in [7, 11) is 0. The fourth-order valence-corrected chi connectivity index (χ4v) is 1.74. The third-order valence-electron chi connectivity index (χ3n) is 2.71. The molecule has 0 saturated carbocycles. The third-order valence-corrected chi connectivity index (χ3v) is 2.71. The fourth-order valence-electron chi connectivity index (χ4n) is 1.74. The van der Waals surface area contributed by atoms with Crippen molar-refractivity contribution in [3.8, 4) is 0 Å².